The molecule has 0 spiro atoms. The van der Waals surface area contributed by atoms with E-state index in [9.17, 15) is 9.90 Å². The predicted molar refractivity (Wildman–Crippen MR) is 89.0 cm³/mol. The molecule has 0 radical (unpaired) electrons. The lowest BCUT2D eigenvalue weighted by atomic mass is 9.93. The van der Waals surface area contributed by atoms with Crippen LogP contribution in [0.15, 0.2) is 54.6 Å². The van der Waals surface area contributed by atoms with Gasteiger partial charge in [0.15, 0.2) is 0 Å². The Morgan fingerprint density at radius 1 is 1.05 bits per heavy atom. The largest absolute Gasteiger partial charge is 0.396 e. The molecule has 0 fully saturated rings. The van der Waals surface area contributed by atoms with Crippen molar-refractivity contribution in [3.63, 3.8) is 0 Å². The molecule has 0 saturated heterocycles. The summed E-state index contributed by atoms with van der Waals surface area (Å²) in [5.74, 6) is 0.234. The quantitative estimate of drug-likeness (QED) is 0.824. The van der Waals surface area contributed by atoms with Crippen molar-refractivity contribution < 1.29 is 9.90 Å². The van der Waals surface area contributed by atoms with Crippen molar-refractivity contribution in [1.29, 1.82) is 0 Å². The van der Waals surface area contributed by atoms with Crippen molar-refractivity contribution in [1.82, 2.24) is 5.32 Å². The maximum atomic E-state index is 12.2. The molecule has 3 heteroatoms. The number of benzene rings is 2. The number of rotatable bonds is 7. The van der Waals surface area contributed by atoms with Gasteiger partial charge in [0, 0.05) is 18.7 Å². The van der Waals surface area contributed by atoms with Crippen molar-refractivity contribution in [2.45, 2.75) is 25.7 Å². The topological polar surface area (TPSA) is 49.3 Å². The zero-order valence-corrected chi connectivity index (χ0v) is 13.0. The van der Waals surface area contributed by atoms with Gasteiger partial charge in [-0.25, -0.2) is 0 Å². The van der Waals surface area contributed by atoms with E-state index in [1.54, 1.807) is 0 Å². The van der Waals surface area contributed by atoms with E-state index in [1.165, 1.54) is 5.56 Å². The van der Waals surface area contributed by atoms with Crippen molar-refractivity contribution >= 4 is 5.91 Å². The van der Waals surface area contributed by atoms with Gasteiger partial charge in [0.25, 0.3) is 5.91 Å². The molecule has 1 amide bonds. The van der Waals surface area contributed by atoms with Crippen LogP contribution in [0.25, 0.3) is 0 Å². The van der Waals surface area contributed by atoms with Crippen LogP contribution in [0.5, 0.6) is 0 Å². The second-order valence-corrected chi connectivity index (χ2v) is 5.48. The lowest BCUT2D eigenvalue weighted by Gasteiger charge is -2.17. The van der Waals surface area contributed by atoms with Gasteiger partial charge in [-0.2, -0.15) is 0 Å². The Morgan fingerprint density at radius 2 is 1.73 bits per heavy atom. The van der Waals surface area contributed by atoms with Gasteiger partial charge < -0.3 is 10.4 Å². The van der Waals surface area contributed by atoms with Crippen LogP contribution in [-0.2, 0) is 0 Å². The summed E-state index contributed by atoms with van der Waals surface area (Å²) in [4.78, 5) is 12.2. The monoisotopic (exact) mass is 297 g/mol. The first-order valence-corrected chi connectivity index (χ1v) is 7.72. The summed E-state index contributed by atoms with van der Waals surface area (Å²) in [6.07, 6.45) is 1.53. The van der Waals surface area contributed by atoms with E-state index in [0.29, 0.717) is 13.0 Å². The van der Waals surface area contributed by atoms with E-state index in [1.807, 2.05) is 49.4 Å². The van der Waals surface area contributed by atoms with E-state index in [-0.39, 0.29) is 18.4 Å². The predicted octanol–water partition coefficient (Wildman–Crippen LogP) is 3.28. The van der Waals surface area contributed by atoms with Gasteiger partial charge in [0.2, 0.25) is 0 Å². The summed E-state index contributed by atoms with van der Waals surface area (Å²) in [7, 11) is 0. The molecule has 3 nitrogen and oxygen atoms in total. The second kappa shape index (κ2) is 8.35. The van der Waals surface area contributed by atoms with Crippen LogP contribution in [0.1, 0.15) is 40.2 Å². The molecule has 2 rings (SSSR count). The summed E-state index contributed by atoms with van der Waals surface area (Å²) in [5, 5.41) is 12.2. The molecule has 2 N–H and O–H groups in total. The molecular formula is C19H23NO2. The highest BCUT2D eigenvalue weighted by atomic mass is 16.3. The first-order chi connectivity index (χ1) is 10.7. The molecular weight excluding hydrogens is 274 g/mol. The zero-order valence-electron chi connectivity index (χ0n) is 13.0. The molecule has 0 unspecified atom stereocenters. The Balaban J connectivity index is 1.91. The van der Waals surface area contributed by atoms with Gasteiger partial charge in [-0.3, -0.25) is 4.79 Å². The molecule has 2 aromatic carbocycles. The molecule has 0 aromatic heterocycles. The number of amides is 1. The summed E-state index contributed by atoms with van der Waals surface area (Å²) in [6, 6.07) is 17.7. The number of hydrogen-bond acceptors (Lipinski definition) is 2. The molecule has 0 saturated carbocycles. The minimum absolute atomic E-state index is 0.0334. The third-order valence-electron chi connectivity index (χ3n) is 3.92. The SMILES string of the molecule is Cc1ccccc1C(=O)NCC[C@H](CCO)c1ccccc1. The van der Waals surface area contributed by atoms with Gasteiger partial charge in [-0.1, -0.05) is 48.5 Å². The standard InChI is InChI=1S/C19H23NO2/c1-15-7-5-6-10-18(15)19(22)20-13-11-17(12-14-21)16-8-3-2-4-9-16/h2-10,17,21H,11-14H2,1H3,(H,20,22)/t17-/m1/s1. The highest BCUT2D eigenvalue weighted by molar-refractivity contribution is 5.95. The lowest BCUT2D eigenvalue weighted by molar-refractivity contribution is 0.0951. The fraction of sp³-hybridized carbons (Fsp3) is 0.316. The van der Waals surface area contributed by atoms with Gasteiger partial charge in [0.05, 0.1) is 0 Å². The van der Waals surface area contributed by atoms with Gasteiger partial charge >= 0.3 is 0 Å². The Morgan fingerprint density at radius 3 is 2.41 bits per heavy atom. The van der Waals surface area contributed by atoms with E-state index in [4.69, 9.17) is 0 Å². The summed E-state index contributed by atoms with van der Waals surface area (Å²) in [6.45, 7) is 2.70. The van der Waals surface area contributed by atoms with Crippen LogP contribution in [0.3, 0.4) is 0 Å². The molecule has 0 aliphatic heterocycles. The Kier molecular flexibility index (Phi) is 6.16. The first kappa shape index (κ1) is 16.2. The summed E-state index contributed by atoms with van der Waals surface area (Å²) < 4.78 is 0. The Bertz CT molecular complexity index is 595. The third-order valence-corrected chi connectivity index (χ3v) is 3.92. The van der Waals surface area contributed by atoms with Crippen molar-refractivity contribution in [2.24, 2.45) is 0 Å². The molecule has 1 atom stereocenters. The molecule has 0 heterocycles. The van der Waals surface area contributed by atoms with E-state index in [2.05, 4.69) is 17.4 Å². The van der Waals surface area contributed by atoms with Gasteiger partial charge in [-0.15, -0.1) is 0 Å². The average molecular weight is 297 g/mol. The van der Waals surface area contributed by atoms with Crippen LogP contribution in [0, 0.1) is 6.92 Å². The van der Waals surface area contributed by atoms with E-state index >= 15 is 0 Å². The fourth-order valence-electron chi connectivity index (χ4n) is 2.64. The fourth-order valence-corrected chi connectivity index (χ4v) is 2.64. The van der Waals surface area contributed by atoms with Crippen LogP contribution in [0.4, 0.5) is 0 Å². The second-order valence-electron chi connectivity index (χ2n) is 5.48. The minimum atomic E-state index is -0.0334. The maximum absolute atomic E-state index is 12.2. The van der Waals surface area contributed by atoms with E-state index < -0.39 is 0 Å². The van der Waals surface area contributed by atoms with Crippen molar-refractivity contribution in [2.75, 3.05) is 13.2 Å². The number of aryl methyl sites for hydroxylation is 1. The maximum Gasteiger partial charge on any atom is 0.251 e. The average Bonchev–Trinajstić information content (AvgIpc) is 2.55. The molecule has 0 aliphatic carbocycles. The molecule has 116 valence electrons. The number of carbonyl (C=O) groups is 1. The lowest BCUT2D eigenvalue weighted by Crippen LogP contribution is -2.26. The third kappa shape index (κ3) is 4.43. The van der Waals surface area contributed by atoms with Crippen LogP contribution in [-0.4, -0.2) is 24.2 Å². The molecule has 22 heavy (non-hydrogen) atoms. The van der Waals surface area contributed by atoms with Crippen LogP contribution >= 0.6 is 0 Å². The summed E-state index contributed by atoms with van der Waals surface area (Å²) in [5.41, 5.74) is 2.91. The first-order valence-electron chi connectivity index (χ1n) is 7.72. The highest BCUT2D eigenvalue weighted by Crippen LogP contribution is 2.22. The molecule has 2 aromatic rings. The van der Waals surface area contributed by atoms with Crippen LogP contribution < -0.4 is 5.32 Å². The molecule has 0 aliphatic rings. The van der Waals surface area contributed by atoms with Crippen molar-refractivity contribution in [3.05, 3.63) is 71.3 Å². The number of aliphatic hydroxyl groups is 1. The zero-order chi connectivity index (χ0) is 15.8. The van der Waals surface area contributed by atoms with Crippen LogP contribution in [0.2, 0.25) is 0 Å². The highest BCUT2D eigenvalue weighted by Gasteiger charge is 2.12. The summed E-state index contributed by atoms with van der Waals surface area (Å²) >= 11 is 0. The Hall–Kier alpha value is -2.13. The number of carbonyl (C=O) groups excluding carboxylic acids is 1. The normalized spacial score (nSPS) is 11.9. The van der Waals surface area contributed by atoms with E-state index in [0.717, 1.165) is 17.5 Å². The minimum Gasteiger partial charge on any atom is -0.396 e. The number of aliphatic hydroxyl groups excluding tert-OH is 1. The van der Waals surface area contributed by atoms with Crippen molar-refractivity contribution in [3.8, 4) is 0 Å². The molecule has 0 bridgehead atoms. The van der Waals surface area contributed by atoms with Gasteiger partial charge in [-0.05, 0) is 42.9 Å². The number of nitrogens with one attached hydrogen (secondary N) is 1. The smallest absolute Gasteiger partial charge is 0.251 e. The van der Waals surface area contributed by atoms with Gasteiger partial charge in [0.1, 0.15) is 0 Å². The Labute approximate surface area is 132 Å². The number of hydrogen-bond donors (Lipinski definition) is 2.